The molecule has 0 amide bonds. The fourth-order valence-corrected chi connectivity index (χ4v) is 5.39. The summed E-state index contributed by atoms with van der Waals surface area (Å²) in [4.78, 5) is 20.7. The van der Waals surface area contributed by atoms with Crippen LogP contribution in [0.2, 0.25) is 5.15 Å². The van der Waals surface area contributed by atoms with Gasteiger partial charge >= 0.3 is 5.97 Å². The lowest BCUT2D eigenvalue weighted by molar-refractivity contribution is -0.164. The number of rotatable bonds is 7. The van der Waals surface area contributed by atoms with E-state index in [2.05, 4.69) is 14.7 Å². The summed E-state index contributed by atoms with van der Waals surface area (Å²) in [6, 6.07) is 13.3. The smallest absolute Gasteiger partial charge is 0.339 e. The Kier molecular flexibility index (Phi) is 7.80. The molecular weight excluding hydrogens is 538 g/mol. The van der Waals surface area contributed by atoms with Crippen LogP contribution in [0.25, 0.3) is 33.3 Å². The number of ether oxygens (including phenoxy) is 2. The molecule has 0 bridgehead atoms. The summed E-state index contributed by atoms with van der Waals surface area (Å²) in [6.07, 6.45) is 1.55. The van der Waals surface area contributed by atoms with Crippen LogP contribution >= 0.6 is 11.6 Å². The van der Waals surface area contributed by atoms with Gasteiger partial charge in [0.25, 0.3) is 0 Å². The molecule has 0 spiro atoms. The first-order chi connectivity index (χ1) is 18.2. The fraction of sp³-hybridized carbons (Fsp3) is 0.310. The Morgan fingerprint density at radius 1 is 1.08 bits per heavy atom. The summed E-state index contributed by atoms with van der Waals surface area (Å²) in [6.45, 7) is 9.30. The summed E-state index contributed by atoms with van der Waals surface area (Å²) in [7, 11) is -2.39. The van der Waals surface area contributed by atoms with Gasteiger partial charge in [-0.2, -0.15) is 0 Å². The van der Waals surface area contributed by atoms with Crippen LogP contribution in [0.15, 0.2) is 48.7 Å². The lowest BCUT2D eigenvalue weighted by Gasteiger charge is -2.30. The first-order valence-corrected chi connectivity index (χ1v) is 14.6. The highest BCUT2D eigenvalue weighted by atomic mass is 35.5. The van der Waals surface area contributed by atoms with Crippen molar-refractivity contribution in [2.75, 3.05) is 18.1 Å². The van der Waals surface area contributed by atoms with E-state index in [1.54, 1.807) is 25.3 Å². The largest absolute Gasteiger partial charge is 0.467 e. The lowest BCUT2D eigenvalue weighted by atomic mass is 9.87. The Labute approximate surface area is 233 Å². The maximum atomic E-state index is 13.3. The second-order valence-electron chi connectivity index (χ2n) is 10.5. The monoisotopic (exact) mass is 569 g/mol. The number of esters is 1. The van der Waals surface area contributed by atoms with Crippen molar-refractivity contribution in [2.45, 2.75) is 46.3 Å². The number of fused-ring (bicyclic) bond motifs is 1. The average molecular weight is 570 g/mol. The number of hydrogen-bond donors (Lipinski definition) is 2. The molecule has 2 heterocycles. The van der Waals surface area contributed by atoms with Gasteiger partial charge in [-0.15, -0.1) is 0 Å². The van der Waals surface area contributed by atoms with Crippen molar-refractivity contribution in [2.24, 2.45) is 0 Å². The zero-order valence-corrected chi connectivity index (χ0v) is 24.5. The molecule has 2 aromatic heterocycles. The third-order valence-electron chi connectivity index (χ3n) is 6.20. The van der Waals surface area contributed by atoms with Gasteiger partial charge in [-0.3, -0.25) is 4.72 Å². The van der Waals surface area contributed by atoms with Crippen molar-refractivity contribution in [3.05, 3.63) is 70.5 Å². The Hall–Kier alpha value is -3.40. The van der Waals surface area contributed by atoms with Gasteiger partial charge in [0.2, 0.25) is 10.0 Å². The number of nitrogens with zero attached hydrogens (tertiary/aromatic N) is 1. The predicted molar refractivity (Wildman–Crippen MR) is 156 cm³/mol. The molecule has 4 aromatic rings. The molecule has 0 aliphatic heterocycles. The number of sulfonamides is 1. The summed E-state index contributed by atoms with van der Waals surface area (Å²) in [5, 5.41) is 1.01. The molecule has 2 aromatic carbocycles. The number of benzene rings is 2. The lowest BCUT2D eigenvalue weighted by Crippen LogP contribution is -2.29. The van der Waals surface area contributed by atoms with E-state index < -0.39 is 27.7 Å². The normalized spacial score (nSPS) is 12.9. The van der Waals surface area contributed by atoms with Crippen LogP contribution in [0.3, 0.4) is 0 Å². The first kappa shape index (κ1) is 28.6. The minimum absolute atomic E-state index is 0.316. The topological polar surface area (TPSA) is 110 Å². The molecule has 1 atom stereocenters. The van der Waals surface area contributed by atoms with Crippen LogP contribution in [-0.4, -0.2) is 43.3 Å². The Morgan fingerprint density at radius 2 is 1.74 bits per heavy atom. The molecule has 0 saturated carbocycles. The molecule has 2 N–H and O–H groups in total. The third-order valence-corrected chi connectivity index (χ3v) is 6.98. The van der Waals surface area contributed by atoms with E-state index in [4.69, 9.17) is 21.1 Å². The second kappa shape index (κ2) is 10.6. The minimum atomic E-state index is -3.70. The quantitative estimate of drug-likeness (QED) is 0.192. The van der Waals surface area contributed by atoms with E-state index in [9.17, 15) is 13.2 Å². The predicted octanol–water partition coefficient (Wildman–Crippen LogP) is 6.57. The Balaban J connectivity index is 2.19. The number of methoxy groups -OCH3 is 1. The molecule has 206 valence electrons. The van der Waals surface area contributed by atoms with Crippen LogP contribution in [0.1, 0.15) is 43.6 Å². The number of carbonyl (C=O) groups excluding carboxylic acids is 1. The summed E-state index contributed by atoms with van der Waals surface area (Å²) in [5.41, 5.74) is 5.29. The number of H-pyrrole nitrogens is 1. The van der Waals surface area contributed by atoms with Crippen molar-refractivity contribution < 1.29 is 22.7 Å². The fourth-order valence-electron chi connectivity index (χ4n) is 4.59. The van der Waals surface area contributed by atoms with Crippen molar-refractivity contribution in [1.29, 1.82) is 0 Å². The Morgan fingerprint density at radius 3 is 2.31 bits per heavy atom. The van der Waals surface area contributed by atoms with E-state index >= 15 is 0 Å². The number of nitrogens with one attached hydrogen (secondary N) is 2. The Bertz CT molecular complexity index is 1660. The molecule has 10 heteroatoms. The zero-order valence-electron chi connectivity index (χ0n) is 23.0. The SMILES string of the molecule is COC(=O)C(OC(C)(C)C)c1c(C)c(NS(C)(=O)=O)c2[nH]c(-c3ccnc(Cl)c3)cc2c1-c1ccc(C)cc1. The van der Waals surface area contributed by atoms with Gasteiger partial charge in [0.05, 0.1) is 30.2 Å². The molecule has 0 aliphatic rings. The van der Waals surface area contributed by atoms with Crippen LogP contribution < -0.4 is 4.72 Å². The highest BCUT2D eigenvalue weighted by Crippen LogP contribution is 2.46. The van der Waals surface area contributed by atoms with Gasteiger partial charge < -0.3 is 14.5 Å². The van der Waals surface area contributed by atoms with Gasteiger partial charge in [0.15, 0.2) is 6.10 Å². The van der Waals surface area contributed by atoms with Crippen molar-refractivity contribution in [3.63, 3.8) is 0 Å². The van der Waals surface area contributed by atoms with E-state index in [-0.39, 0.29) is 0 Å². The number of anilines is 1. The summed E-state index contributed by atoms with van der Waals surface area (Å²) in [5.74, 6) is -0.595. The van der Waals surface area contributed by atoms with Crippen LogP contribution in [-0.2, 0) is 24.3 Å². The highest BCUT2D eigenvalue weighted by molar-refractivity contribution is 7.92. The zero-order chi connectivity index (χ0) is 28.7. The van der Waals surface area contributed by atoms with Crippen molar-refractivity contribution in [3.8, 4) is 22.4 Å². The molecular formula is C29H32ClN3O5S. The summed E-state index contributed by atoms with van der Waals surface area (Å²) >= 11 is 6.17. The highest BCUT2D eigenvalue weighted by Gasteiger charge is 2.34. The van der Waals surface area contributed by atoms with Crippen LogP contribution in [0.5, 0.6) is 0 Å². The molecule has 4 rings (SSSR count). The van der Waals surface area contributed by atoms with Gasteiger partial charge in [0, 0.05) is 28.4 Å². The van der Waals surface area contributed by atoms with Gasteiger partial charge in [-0.1, -0.05) is 41.4 Å². The second-order valence-corrected chi connectivity index (χ2v) is 12.6. The summed E-state index contributed by atoms with van der Waals surface area (Å²) < 4.78 is 39.2. The molecule has 8 nitrogen and oxygen atoms in total. The first-order valence-electron chi connectivity index (χ1n) is 12.3. The third kappa shape index (κ3) is 6.27. The van der Waals surface area contributed by atoms with Crippen LogP contribution in [0.4, 0.5) is 5.69 Å². The minimum Gasteiger partial charge on any atom is -0.467 e. The number of pyridine rings is 1. The van der Waals surface area contributed by atoms with Gasteiger partial charge in [-0.05, 0) is 69.5 Å². The molecule has 1 unspecified atom stereocenters. The number of aromatic amines is 1. The molecule has 0 saturated heterocycles. The van der Waals surface area contributed by atoms with Gasteiger partial charge in [-0.25, -0.2) is 18.2 Å². The van der Waals surface area contributed by atoms with Crippen molar-refractivity contribution >= 4 is 44.2 Å². The maximum Gasteiger partial charge on any atom is 0.339 e. The van der Waals surface area contributed by atoms with E-state index in [0.717, 1.165) is 28.5 Å². The van der Waals surface area contributed by atoms with Crippen LogP contribution in [0, 0.1) is 13.8 Å². The molecule has 0 fully saturated rings. The van der Waals surface area contributed by atoms with E-state index in [0.29, 0.717) is 38.6 Å². The van der Waals surface area contributed by atoms with Gasteiger partial charge in [0.1, 0.15) is 5.15 Å². The molecule has 0 aliphatic carbocycles. The average Bonchev–Trinajstić information content (AvgIpc) is 3.28. The number of aromatic nitrogens is 2. The van der Waals surface area contributed by atoms with E-state index in [1.807, 2.05) is 58.0 Å². The number of halogens is 1. The number of aryl methyl sites for hydroxylation is 1. The number of hydrogen-bond acceptors (Lipinski definition) is 6. The maximum absolute atomic E-state index is 13.3. The molecule has 0 radical (unpaired) electrons. The molecule has 39 heavy (non-hydrogen) atoms. The standard InChI is InChI=1S/C29H32ClN3O5S/c1-16-8-10-18(11-9-16)24-20-15-21(19-12-13-31-22(30)14-19)32-26(20)25(33-39(7,35)36)17(2)23(24)27(28(34)37-6)38-29(3,4)5/h8-15,27,32-33H,1-7H3. The van der Waals surface area contributed by atoms with E-state index in [1.165, 1.54) is 7.11 Å². The van der Waals surface area contributed by atoms with Crippen molar-refractivity contribution in [1.82, 2.24) is 9.97 Å². The number of carbonyl (C=O) groups is 1.